The van der Waals surface area contributed by atoms with Gasteiger partial charge in [-0.05, 0) is 43.7 Å². The highest BCUT2D eigenvalue weighted by Crippen LogP contribution is 2.14. The highest BCUT2D eigenvalue weighted by Gasteiger charge is 2.22. The van der Waals surface area contributed by atoms with Crippen molar-refractivity contribution < 1.29 is 9.53 Å². The van der Waals surface area contributed by atoms with Crippen molar-refractivity contribution in [2.45, 2.75) is 18.9 Å². The zero-order valence-corrected chi connectivity index (χ0v) is 13.4. The van der Waals surface area contributed by atoms with Crippen molar-refractivity contribution in [3.63, 3.8) is 0 Å². The number of carbonyl (C=O) groups is 1. The van der Waals surface area contributed by atoms with Gasteiger partial charge in [-0.15, -0.1) is 0 Å². The highest BCUT2D eigenvalue weighted by molar-refractivity contribution is 9.10. The number of carbonyl (C=O) groups excluding carboxylic acids is 1. The van der Waals surface area contributed by atoms with Gasteiger partial charge in [-0.2, -0.15) is 0 Å². The van der Waals surface area contributed by atoms with Crippen molar-refractivity contribution in [3.8, 4) is 0 Å². The number of nitrogens with zero attached hydrogens (tertiary/aromatic N) is 1. The summed E-state index contributed by atoms with van der Waals surface area (Å²) in [4.78, 5) is 14.5. The maximum atomic E-state index is 12.6. The van der Waals surface area contributed by atoms with E-state index in [2.05, 4.69) is 21.2 Å². The quantitative estimate of drug-likeness (QED) is 0.863. The summed E-state index contributed by atoms with van der Waals surface area (Å²) < 4.78 is 6.10. The summed E-state index contributed by atoms with van der Waals surface area (Å²) in [5, 5.41) is 3.44. The van der Waals surface area contributed by atoms with E-state index in [0.29, 0.717) is 19.2 Å². The lowest BCUT2D eigenvalue weighted by Crippen LogP contribution is -2.42. The van der Waals surface area contributed by atoms with Crippen LogP contribution in [0.3, 0.4) is 0 Å². The van der Waals surface area contributed by atoms with E-state index >= 15 is 0 Å². The van der Waals surface area contributed by atoms with E-state index in [1.54, 1.807) is 7.11 Å². The van der Waals surface area contributed by atoms with E-state index in [4.69, 9.17) is 4.74 Å². The Hall–Kier alpha value is -0.910. The number of halogens is 1. The Labute approximate surface area is 128 Å². The first-order chi connectivity index (χ1) is 9.70. The fourth-order valence-corrected chi connectivity index (χ4v) is 2.70. The van der Waals surface area contributed by atoms with Gasteiger partial charge >= 0.3 is 0 Å². The van der Waals surface area contributed by atoms with Gasteiger partial charge in [0.1, 0.15) is 0 Å². The number of benzene rings is 1. The number of hydrogen-bond donors (Lipinski definition) is 1. The van der Waals surface area contributed by atoms with Gasteiger partial charge in [0.25, 0.3) is 5.91 Å². The van der Waals surface area contributed by atoms with Gasteiger partial charge in [0, 0.05) is 36.3 Å². The Bertz CT molecular complexity index is 430. The first-order valence-electron chi connectivity index (χ1n) is 6.98. The molecule has 1 unspecified atom stereocenters. The number of ether oxygens (including phenoxy) is 1. The molecule has 2 rings (SSSR count). The topological polar surface area (TPSA) is 41.6 Å². The van der Waals surface area contributed by atoms with Crippen LogP contribution in [0.1, 0.15) is 23.2 Å². The number of nitrogens with one attached hydrogen (secondary N) is 1. The lowest BCUT2D eigenvalue weighted by molar-refractivity contribution is 0.0679. The third-order valence-corrected chi connectivity index (χ3v) is 4.08. The van der Waals surface area contributed by atoms with Crippen molar-refractivity contribution in [2.75, 3.05) is 33.4 Å². The van der Waals surface area contributed by atoms with E-state index < -0.39 is 0 Å². The molecule has 1 aliphatic rings. The monoisotopic (exact) mass is 340 g/mol. The van der Waals surface area contributed by atoms with Crippen LogP contribution < -0.4 is 5.32 Å². The molecule has 1 aromatic rings. The summed E-state index contributed by atoms with van der Waals surface area (Å²) in [5.41, 5.74) is 0.724. The van der Waals surface area contributed by atoms with Crippen LogP contribution >= 0.6 is 15.9 Å². The molecule has 1 amide bonds. The van der Waals surface area contributed by atoms with Crippen molar-refractivity contribution >= 4 is 21.8 Å². The second kappa shape index (κ2) is 7.76. The van der Waals surface area contributed by atoms with Crippen molar-refractivity contribution in [1.29, 1.82) is 0 Å². The zero-order chi connectivity index (χ0) is 14.4. The Balaban J connectivity index is 2.03. The SMILES string of the molecule is COCCN(CC1CCCN1)C(=O)c1ccc(Br)cc1. The molecule has 0 radical (unpaired) electrons. The molecule has 1 aromatic carbocycles. The van der Waals surface area contributed by atoms with Crippen molar-refractivity contribution in [2.24, 2.45) is 0 Å². The third kappa shape index (κ3) is 4.30. The standard InChI is InChI=1S/C15H21BrN2O2/c1-20-10-9-18(11-14-3-2-8-17-14)15(19)12-4-6-13(16)7-5-12/h4-7,14,17H,2-3,8-11H2,1H3. The molecule has 0 saturated carbocycles. The Kier molecular flexibility index (Phi) is 6.01. The minimum absolute atomic E-state index is 0.0725. The van der Waals surface area contributed by atoms with Gasteiger partial charge in [0.15, 0.2) is 0 Å². The maximum absolute atomic E-state index is 12.6. The molecule has 0 aromatic heterocycles. The molecular weight excluding hydrogens is 320 g/mol. The highest BCUT2D eigenvalue weighted by atomic mass is 79.9. The number of amides is 1. The molecule has 5 heteroatoms. The van der Waals surface area contributed by atoms with Crippen LogP contribution in [0.2, 0.25) is 0 Å². The normalized spacial score (nSPS) is 18.2. The van der Waals surface area contributed by atoms with Gasteiger partial charge in [0.2, 0.25) is 0 Å². The van der Waals surface area contributed by atoms with Crippen LogP contribution in [-0.4, -0.2) is 50.2 Å². The molecule has 0 aliphatic carbocycles. The van der Waals surface area contributed by atoms with E-state index in [1.165, 1.54) is 6.42 Å². The van der Waals surface area contributed by atoms with Crippen molar-refractivity contribution in [3.05, 3.63) is 34.3 Å². The lowest BCUT2D eigenvalue weighted by atomic mass is 10.1. The summed E-state index contributed by atoms with van der Waals surface area (Å²) in [6, 6.07) is 7.92. The van der Waals surface area contributed by atoms with Crippen LogP contribution in [0.5, 0.6) is 0 Å². The molecular formula is C15H21BrN2O2. The van der Waals surface area contributed by atoms with Crippen LogP contribution in [0.15, 0.2) is 28.7 Å². The van der Waals surface area contributed by atoms with Gasteiger partial charge < -0.3 is 15.0 Å². The number of hydrogen-bond acceptors (Lipinski definition) is 3. The summed E-state index contributed by atoms with van der Waals surface area (Å²) >= 11 is 3.39. The Morgan fingerprint density at radius 3 is 2.80 bits per heavy atom. The van der Waals surface area contributed by atoms with E-state index in [-0.39, 0.29) is 5.91 Å². The molecule has 4 nitrogen and oxygen atoms in total. The van der Waals surface area contributed by atoms with Gasteiger partial charge in [-0.25, -0.2) is 0 Å². The van der Waals surface area contributed by atoms with Crippen LogP contribution in [-0.2, 0) is 4.74 Å². The summed E-state index contributed by atoms with van der Waals surface area (Å²) in [6.45, 7) is 2.99. The van der Waals surface area contributed by atoms with Gasteiger partial charge in [-0.1, -0.05) is 15.9 Å². The first-order valence-corrected chi connectivity index (χ1v) is 7.77. The molecule has 20 heavy (non-hydrogen) atoms. The summed E-state index contributed by atoms with van der Waals surface area (Å²) in [7, 11) is 1.66. The molecule has 1 heterocycles. The van der Waals surface area contributed by atoms with Crippen LogP contribution in [0.4, 0.5) is 0 Å². The second-order valence-corrected chi connectivity index (χ2v) is 5.96. The van der Waals surface area contributed by atoms with E-state index in [1.807, 2.05) is 29.2 Å². The Morgan fingerprint density at radius 1 is 1.45 bits per heavy atom. The number of methoxy groups -OCH3 is 1. The summed E-state index contributed by atoms with van der Waals surface area (Å²) in [5.74, 6) is 0.0725. The zero-order valence-electron chi connectivity index (χ0n) is 11.8. The average molecular weight is 341 g/mol. The molecule has 1 atom stereocenters. The minimum Gasteiger partial charge on any atom is -0.383 e. The maximum Gasteiger partial charge on any atom is 0.253 e. The number of rotatable bonds is 6. The average Bonchev–Trinajstić information content (AvgIpc) is 2.96. The van der Waals surface area contributed by atoms with E-state index in [0.717, 1.165) is 29.5 Å². The molecule has 0 spiro atoms. The molecule has 1 N–H and O–H groups in total. The van der Waals surface area contributed by atoms with Crippen molar-refractivity contribution in [1.82, 2.24) is 10.2 Å². The molecule has 1 aliphatic heterocycles. The predicted octanol–water partition coefficient (Wildman–Crippen LogP) is 2.29. The smallest absolute Gasteiger partial charge is 0.253 e. The van der Waals surface area contributed by atoms with Gasteiger partial charge in [-0.3, -0.25) is 4.79 Å². The fraction of sp³-hybridized carbons (Fsp3) is 0.533. The minimum atomic E-state index is 0.0725. The molecule has 1 saturated heterocycles. The van der Waals surface area contributed by atoms with Crippen LogP contribution in [0.25, 0.3) is 0 Å². The first kappa shape index (κ1) is 15.5. The predicted molar refractivity (Wildman–Crippen MR) is 82.9 cm³/mol. The van der Waals surface area contributed by atoms with Gasteiger partial charge in [0.05, 0.1) is 6.61 Å². The fourth-order valence-electron chi connectivity index (χ4n) is 2.43. The largest absolute Gasteiger partial charge is 0.383 e. The lowest BCUT2D eigenvalue weighted by Gasteiger charge is -2.25. The van der Waals surface area contributed by atoms with Crippen LogP contribution in [0, 0.1) is 0 Å². The summed E-state index contributed by atoms with van der Waals surface area (Å²) in [6.07, 6.45) is 2.33. The molecule has 1 fully saturated rings. The Morgan fingerprint density at radius 2 is 2.20 bits per heavy atom. The molecule has 110 valence electrons. The third-order valence-electron chi connectivity index (χ3n) is 3.55. The molecule has 0 bridgehead atoms. The van der Waals surface area contributed by atoms with E-state index in [9.17, 15) is 4.79 Å². The second-order valence-electron chi connectivity index (χ2n) is 5.04.